The summed E-state index contributed by atoms with van der Waals surface area (Å²) in [7, 11) is 0. The first kappa shape index (κ1) is 23.7. The highest BCUT2D eigenvalue weighted by atomic mass is 16.5. The van der Waals surface area contributed by atoms with E-state index in [1.165, 1.54) is 0 Å². The molecule has 35 heavy (non-hydrogen) atoms. The van der Waals surface area contributed by atoms with Gasteiger partial charge in [0.2, 0.25) is 23.6 Å². The lowest BCUT2D eigenvalue weighted by Gasteiger charge is -2.38. The molecule has 9 unspecified atom stereocenters. The Kier molecular flexibility index (Phi) is 5.99. The van der Waals surface area contributed by atoms with Crippen LogP contribution in [0.4, 0.5) is 5.69 Å². The van der Waals surface area contributed by atoms with Gasteiger partial charge in [-0.1, -0.05) is 32.0 Å². The van der Waals surface area contributed by atoms with Crippen molar-refractivity contribution in [1.29, 1.82) is 0 Å². The number of amides is 4. The van der Waals surface area contributed by atoms with Crippen LogP contribution in [-0.4, -0.2) is 47.9 Å². The number of ether oxygens (including phenoxy) is 1. The first-order chi connectivity index (χ1) is 16.8. The number of anilines is 1. The van der Waals surface area contributed by atoms with Crippen molar-refractivity contribution >= 4 is 35.3 Å². The molecule has 2 aliphatic heterocycles. The van der Waals surface area contributed by atoms with Gasteiger partial charge in [0, 0.05) is 5.92 Å². The predicted octanol–water partition coefficient (Wildman–Crippen LogP) is 1.14. The summed E-state index contributed by atoms with van der Waals surface area (Å²) in [5.41, 5.74) is 0.432. The molecule has 9 heteroatoms. The van der Waals surface area contributed by atoms with Gasteiger partial charge >= 0.3 is 5.97 Å². The number of nitrogens with one attached hydrogen (secondary N) is 1. The zero-order chi connectivity index (χ0) is 25.0. The monoisotopic (exact) mass is 482 g/mol. The fraction of sp³-hybridized carbons (Fsp3) is 0.577. The fourth-order valence-electron chi connectivity index (χ4n) is 7.30. The Morgan fingerprint density at radius 2 is 1.69 bits per heavy atom. The zero-order valence-corrected chi connectivity index (χ0v) is 19.8. The minimum absolute atomic E-state index is 0.0670. The molecule has 9 nitrogen and oxygen atoms in total. The molecule has 2 bridgehead atoms. The smallest absolute Gasteiger partial charge is 0.309 e. The van der Waals surface area contributed by atoms with Gasteiger partial charge in [-0.05, 0) is 48.6 Å². The van der Waals surface area contributed by atoms with Crippen molar-refractivity contribution in [3.63, 3.8) is 0 Å². The quantitative estimate of drug-likeness (QED) is 0.459. The van der Waals surface area contributed by atoms with Crippen molar-refractivity contribution < 1.29 is 33.8 Å². The van der Waals surface area contributed by atoms with Gasteiger partial charge < -0.3 is 9.84 Å². The van der Waals surface area contributed by atoms with E-state index < -0.39 is 47.3 Å². The lowest BCUT2D eigenvalue weighted by Crippen LogP contribution is -2.43. The Morgan fingerprint density at radius 1 is 1.00 bits per heavy atom. The van der Waals surface area contributed by atoms with Crippen molar-refractivity contribution in [2.24, 2.45) is 53.3 Å². The zero-order valence-electron chi connectivity index (χ0n) is 19.8. The van der Waals surface area contributed by atoms with E-state index in [4.69, 9.17) is 9.84 Å². The normalized spacial score (nSPS) is 38.4. The van der Waals surface area contributed by atoms with E-state index in [1.54, 1.807) is 37.3 Å². The first-order valence-electron chi connectivity index (χ1n) is 12.3. The number of nitrogens with zero attached hydrogens (tertiary/aromatic N) is 1. The number of hydrogen-bond acceptors (Lipinski definition) is 7. The highest BCUT2D eigenvalue weighted by Gasteiger charge is 2.65. The van der Waals surface area contributed by atoms with E-state index in [9.17, 15) is 24.0 Å². The molecule has 2 N–H and O–H groups in total. The summed E-state index contributed by atoms with van der Waals surface area (Å²) in [5, 5.41) is 11.4. The third kappa shape index (κ3) is 3.59. The van der Waals surface area contributed by atoms with E-state index in [0.29, 0.717) is 12.1 Å². The second-order valence-corrected chi connectivity index (χ2v) is 10.4. The molecule has 0 radical (unpaired) electrons. The Bertz CT molecular complexity index is 1070. The number of carbonyl (C=O) groups is 5. The minimum Gasteiger partial charge on any atom is -0.463 e. The first-order valence-corrected chi connectivity index (χ1v) is 12.3. The fourth-order valence-corrected chi connectivity index (χ4v) is 7.30. The summed E-state index contributed by atoms with van der Waals surface area (Å²) in [5.74, 6) is -6.30. The molecule has 1 aromatic carbocycles. The molecule has 0 aromatic heterocycles. The highest BCUT2D eigenvalue weighted by molar-refractivity contribution is 6.23. The van der Waals surface area contributed by atoms with Gasteiger partial charge in [-0.15, -0.1) is 0 Å². The lowest BCUT2D eigenvalue weighted by molar-refractivity contribution is -0.154. The Hall–Kier alpha value is -3.07. The lowest BCUT2D eigenvalue weighted by atomic mass is 9.63. The van der Waals surface area contributed by atoms with E-state index in [-0.39, 0.29) is 48.8 Å². The van der Waals surface area contributed by atoms with Gasteiger partial charge in [0.15, 0.2) is 0 Å². The van der Waals surface area contributed by atoms with Gasteiger partial charge in [0.05, 0.1) is 36.0 Å². The molecule has 2 aliphatic carbocycles. The minimum atomic E-state index is -0.981. The van der Waals surface area contributed by atoms with Crippen LogP contribution in [0.15, 0.2) is 30.3 Å². The van der Waals surface area contributed by atoms with Crippen molar-refractivity contribution in [1.82, 2.24) is 5.32 Å². The molecule has 2 saturated carbocycles. The maximum atomic E-state index is 14.0. The van der Waals surface area contributed by atoms with Crippen molar-refractivity contribution in [3.05, 3.63) is 30.3 Å². The molecule has 1 aromatic rings. The third-order valence-electron chi connectivity index (χ3n) is 8.85. The number of hydrogen-bond donors (Lipinski definition) is 2. The van der Waals surface area contributed by atoms with Crippen molar-refractivity contribution in [2.45, 2.75) is 26.7 Å². The Morgan fingerprint density at radius 3 is 2.29 bits per heavy atom. The molecule has 4 amide bonds. The average Bonchev–Trinajstić information content (AvgIpc) is 3.54. The number of esters is 1. The molecule has 9 atom stereocenters. The van der Waals surface area contributed by atoms with Gasteiger partial charge in [0.25, 0.3) is 0 Å². The number of imide groups is 2. The summed E-state index contributed by atoms with van der Waals surface area (Å²) < 4.78 is 5.23. The van der Waals surface area contributed by atoms with Crippen molar-refractivity contribution in [2.75, 3.05) is 18.1 Å². The second-order valence-electron chi connectivity index (χ2n) is 10.4. The van der Waals surface area contributed by atoms with E-state index >= 15 is 0 Å². The number of carbonyl (C=O) groups excluding carboxylic acids is 5. The van der Waals surface area contributed by atoms with Gasteiger partial charge in [0.1, 0.15) is 6.61 Å². The van der Waals surface area contributed by atoms with E-state index in [2.05, 4.69) is 5.32 Å². The summed E-state index contributed by atoms with van der Waals surface area (Å²) in [4.78, 5) is 66.9. The molecule has 4 fully saturated rings. The molecular weight excluding hydrogens is 452 g/mol. The van der Waals surface area contributed by atoms with E-state index in [0.717, 1.165) is 11.3 Å². The van der Waals surface area contributed by atoms with Gasteiger partial charge in [-0.25, -0.2) is 0 Å². The number of rotatable bonds is 6. The molecule has 5 rings (SSSR count). The van der Waals surface area contributed by atoms with Gasteiger partial charge in [-0.2, -0.15) is 0 Å². The second kappa shape index (κ2) is 8.86. The Balaban J connectivity index is 1.55. The van der Waals surface area contributed by atoms with Crippen LogP contribution in [0.25, 0.3) is 0 Å². The predicted molar refractivity (Wildman–Crippen MR) is 122 cm³/mol. The number of aliphatic hydroxyl groups is 1. The van der Waals surface area contributed by atoms with Crippen LogP contribution in [0.5, 0.6) is 0 Å². The number of benzene rings is 1. The molecular formula is C26H30N2O7. The maximum Gasteiger partial charge on any atom is 0.309 e. The SMILES string of the molecule is CC1C(=O)NC(=O)C1C1C(=O)N(c2ccccc2)C(=O)C1C1C(C)C2CC(C(=O)OCCO)C1C2. The van der Waals surface area contributed by atoms with Crippen LogP contribution in [0.3, 0.4) is 0 Å². The summed E-state index contributed by atoms with van der Waals surface area (Å²) >= 11 is 0. The summed E-state index contributed by atoms with van der Waals surface area (Å²) in [6.45, 7) is 3.32. The highest BCUT2D eigenvalue weighted by Crippen LogP contribution is 2.61. The standard InChI is InChI=1S/C26H30N2O7/c1-12-14-10-16(17(11-14)26(34)35-9-8-29)18(12)20-21(19-13(2)22(30)27-23(19)31)25(33)28(24(20)32)15-6-4-3-5-7-15/h3-7,12-14,16-21,29H,8-11H2,1-2H3,(H,27,30,31). The molecule has 4 aliphatic rings. The van der Waals surface area contributed by atoms with Crippen LogP contribution in [-0.2, 0) is 28.7 Å². The molecule has 2 heterocycles. The van der Waals surface area contributed by atoms with Crippen LogP contribution in [0, 0.1) is 53.3 Å². The Labute approximate surface area is 203 Å². The van der Waals surface area contributed by atoms with Crippen molar-refractivity contribution in [3.8, 4) is 0 Å². The third-order valence-corrected chi connectivity index (χ3v) is 8.85. The van der Waals surface area contributed by atoms with Crippen LogP contribution in [0.1, 0.15) is 26.7 Å². The van der Waals surface area contributed by atoms with Crippen LogP contribution in [0.2, 0.25) is 0 Å². The molecule has 186 valence electrons. The number of para-hydroxylation sites is 1. The largest absolute Gasteiger partial charge is 0.463 e. The molecule has 2 saturated heterocycles. The number of aliphatic hydroxyl groups excluding tert-OH is 1. The molecule has 0 spiro atoms. The number of fused-ring (bicyclic) bond motifs is 2. The van der Waals surface area contributed by atoms with Crippen LogP contribution >= 0.6 is 0 Å². The summed E-state index contributed by atoms with van der Waals surface area (Å²) in [6, 6.07) is 8.62. The van der Waals surface area contributed by atoms with Gasteiger partial charge in [-0.3, -0.25) is 34.2 Å². The van der Waals surface area contributed by atoms with E-state index in [1.807, 2.05) is 6.92 Å². The van der Waals surface area contributed by atoms with Crippen LogP contribution < -0.4 is 10.2 Å². The summed E-state index contributed by atoms with van der Waals surface area (Å²) in [6.07, 6.45) is 1.39. The maximum absolute atomic E-state index is 14.0. The average molecular weight is 483 g/mol. The topological polar surface area (TPSA) is 130 Å².